The van der Waals surface area contributed by atoms with Gasteiger partial charge in [0.1, 0.15) is 23.7 Å². The van der Waals surface area contributed by atoms with Gasteiger partial charge < -0.3 is 13.9 Å². The molecule has 33 heavy (non-hydrogen) atoms. The minimum absolute atomic E-state index is 0.0351. The molecule has 0 bridgehead atoms. The van der Waals surface area contributed by atoms with Crippen LogP contribution in [0, 0.1) is 13.8 Å². The van der Waals surface area contributed by atoms with Gasteiger partial charge in [-0.25, -0.2) is 0 Å². The van der Waals surface area contributed by atoms with Gasteiger partial charge in [0, 0.05) is 6.07 Å². The van der Waals surface area contributed by atoms with Gasteiger partial charge >= 0.3 is 6.18 Å². The molecule has 0 unspecified atom stereocenters. The average molecular weight is 454 g/mol. The van der Waals surface area contributed by atoms with Crippen LogP contribution < -0.4 is 14.9 Å². The van der Waals surface area contributed by atoms with Crippen LogP contribution in [-0.2, 0) is 12.8 Å². The molecule has 0 atom stereocenters. The molecule has 0 radical (unpaired) electrons. The fourth-order valence-electron chi connectivity index (χ4n) is 3.60. The minimum atomic E-state index is -4.86. The summed E-state index contributed by atoms with van der Waals surface area (Å²) in [7, 11) is 1.44. The predicted octanol–water partition coefficient (Wildman–Crippen LogP) is 6.68. The molecule has 1 aromatic heterocycles. The van der Waals surface area contributed by atoms with E-state index in [1.807, 2.05) is 32.0 Å². The lowest BCUT2D eigenvalue weighted by atomic mass is 10.0. The average Bonchev–Trinajstić information content (AvgIpc) is 2.79. The Labute approximate surface area is 188 Å². The molecule has 7 heteroatoms. The summed E-state index contributed by atoms with van der Waals surface area (Å²) in [5, 5.41) is 0.0351. The van der Waals surface area contributed by atoms with Crippen molar-refractivity contribution in [3.63, 3.8) is 0 Å². The van der Waals surface area contributed by atoms with Crippen LogP contribution in [-0.4, -0.2) is 7.11 Å². The van der Waals surface area contributed by atoms with Crippen molar-refractivity contribution in [1.82, 2.24) is 0 Å². The lowest BCUT2D eigenvalue weighted by molar-refractivity contribution is -0.152. The summed E-state index contributed by atoms with van der Waals surface area (Å²) < 4.78 is 57.6. The molecular formula is C26H21F3O4. The Morgan fingerprint density at radius 2 is 1.61 bits per heavy atom. The molecule has 0 saturated heterocycles. The largest absolute Gasteiger partial charge is 0.497 e. The van der Waals surface area contributed by atoms with Crippen LogP contribution in [0.15, 0.2) is 69.9 Å². The van der Waals surface area contributed by atoms with Crippen molar-refractivity contribution in [2.45, 2.75) is 26.6 Å². The van der Waals surface area contributed by atoms with E-state index in [1.54, 1.807) is 6.07 Å². The number of halogens is 3. The van der Waals surface area contributed by atoms with Gasteiger partial charge in [-0.05, 0) is 54.8 Å². The molecule has 0 spiro atoms. The third kappa shape index (κ3) is 4.58. The van der Waals surface area contributed by atoms with Gasteiger partial charge in [-0.15, -0.1) is 0 Å². The number of aryl methyl sites for hydroxylation is 2. The predicted molar refractivity (Wildman–Crippen MR) is 120 cm³/mol. The van der Waals surface area contributed by atoms with Crippen LogP contribution in [0.4, 0.5) is 13.2 Å². The summed E-state index contributed by atoms with van der Waals surface area (Å²) in [6.07, 6.45) is -4.86. The van der Waals surface area contributed by atoms with E-state index in [1.165, 1.54) is 43.5 Å². The minimum Gasteiger partial charge on any atom is -0.497 e. The maximum Gasteiger partial charge on any atom is 0.450 e. The highest BCUT2D eigenvalue weighted by Crippen LogP contribution is 2.38. The summed E-state index contributed by atoms with van der Waals surface area (Å²) in [5.74, 6) is -0.586. The number of fused-ring (bicyclic) bond motifs is 1. The third-order valence-corrected chi connectivity index (χ3v) is 5.40. The summed E-state index contributed by atoms with van der Waals surface area (Å²) in [5.41, 5.74) is 1.66. The van der Waals surface area contributed by atoms with Crippen LogP contribution in [0.25, 0.3) is 22.1 Å². The highest BCUT2D eigenvalue weighted by molar-refractivity contribution is 5.84. The van der Waals surface area contributed by atoms with Crippen LogP contribution in [0.2, 0.25) is 0 Å². The van der Waals surface area contributed by atoms with Crippen molar-refractivity contribution < 1.29 is 27.1 Å². The second kappa shape index (κ2) is 8.65. The lowest BCUT2D eigenvalue weighted by Gasteiger charge is -2.14. The van der Waals surface area contributed by atoms with Crippen LogP contribution >= 0.6 is 0 Å². The number of hydrogen-bond acceptors (Lipinski definition) is 4. The number of hydrogen-bond donors (Lipinski definition) is 0. The number of benzene rings is 3. The van der Waals surface area contributed by atoms with E-state index in [0.717, 1.165) is 16.7 Å². The maximum absolute atomic E-state index is 13.9. The normalized spacial score (nSPS) is 11.6. The highest BCUT2D eigenvalue weighted by Gasteiger charge is 2.39. The Balaban J connectivity index is 1.77. The SMILES string of the molecule is COc1ccc(-c2c(C(F)(F)F)oc3cc(OCc4cc(C)ccc4C)ccc3c2=O)cc1. The molecule has 0 aliphatic heterocycles. The Bertz CT molecular complexity index is 1370. The number of methoxy groups -OCH3 is 1. The van der Waals surface area contributed by atoms with E-state index in [-0.39, 0.29) is 23.1 Å². The van der Waals surface area contributed by atoms with E-state index >= 15 is 0 Å². The Kier molecular flexibility index (Phi) is 5.89. The first-order valence-corrected chi connectivity index (χ1v) is 10.2. The zero-order chi connectivity index (χ0) is 23.8. The summed E-state index contributed by atoms with van der Waals surface area (Å²) >= 11 is 0. The molecule has 170 valence electrons. The van der Waals surface area contributed by atoms with Crippen LogP contribution in [0.1, 0.15) is 22.5 Å². The van der Waals surface area contributed by atoms with Gasteiger partial charge in [0.2, 0.25) is 11.2 Å². The molecule has 0 aliphatic carbocycles. The zero-order valence-electron chi connectivity index (χ0n) is 18.2. The number of rotatable bonds is 5. The number of alkyl halides is 3. The Morgan fingerprint density at radius 1 is 0.909 bits per heavy atom. The van der Waals surface area contributed by atoms with Crippen molar-refractivity contribution in [2.24, 2.45) is 0 Å². The van der Waals surface area contributed by atoms with Crippen molar-refractivity contribution in [2.75, 3.05) is 7.11 Å². The molecular weight excluding hydrogens is 433 g/mol. The smallest absolute Gasteiger partial charge is 0.450 e. The fourth-order valence-corrected chi connectivity index (χ4v) is 3.60. The highest BCUT2D eigenvalue weighted by atomic mass is 19.4. The van der Waals surface area contributed by atoms with Gasteiger partial charge in [0.15, 0.2) is 0 Å². The van der Waals surface area contributed by atoms with Crippen molar-refractivity contribution in [1.29, 1.82) is 0 Å². The van der Waals surface area contributed by atoms with Crippen LogP contribution in [0.3, 0.4) is 0 Å². The molecule has 4 rings (SSSR count). The maximum atomic E-state index is 13.9. The van der Waals surface area contributed by atoms with Gasteiger partial charge in [-0.1, -0.05) is 35.9 Å². The van der Waals surface area contributed by atoms with E-state index in [0.29, 0.717) is 11.5 Å². The lowest BCUT2D eigenvalue weighted by Crippen LogP contribution is -2.16. The summed E-state index contributed by atoms with van der Waals surface area (Å²) in [4.78, 5) is 13.1. The molecule has 4 nitrogen and oxygen atoms in total. The van der Waals surface area contributed by atoms with Gasteiger partial charge in [0.05, 0.1) is 18.1 Å². The molecule has 0 N–H and O–H groups in total. The Morgan fingerprint density at radius 3 is 2.27 bits per heavy atom. The van der Waals surface area contributed by atoms with Gasteiger partial charge in [0.25, 0.3) is 0 Å². The third-order valence-electron chi connectivity index (χ3n) is 5.40. The molecule has 0 amide bonds. The summed E-state index contributed by atoms with van der Waals surface area (Å²) in [6.45, 7) is 4.15. The number of ether oxygens (including phenoxy) is 2. The second-order valence-electron chi connectivity index (χ2n) is 7.74. The topological polar surface area (TPSA) is 48.7 Å². The second-order valence-corrected chi connectivity index (χ2v) is 7.74. The van der Waals surface area contributed by atoms with E-state index in [2.05, 4.69) is 0 Å². The molecule has 0 aliphatic rings. The zero-order valence-corrected chi connectivity index (χ0v) is 18.2. The molecule has 3 aromatic carbocycles. The fraction of sp³-hybridized carbons (Fsp3) is 0.192. The first kappa shape index (κ1) is 22.5. The van der Waals surface area contributed by atoms with E-state index < -0.39 is 22.9 Å². The monoisotopic (exact) mass is 454 g/mol. The van der Waals surface area contributed by atoms with Gasteiger partial charge in [-0.3, -0.25) is 4.79 Å². The Hall–Kier alpha value is -3.74. The molecule has 4 aromatic rings. The molecule has 0 saturated carbocycles. The standard InChI is InChI=1S/C26H21F3O4/c1-15-4-5-16(2)18(12-15)14-32-20-10-11-21-22(13-20)33-25(26(27,28)29)23(24(21)30)17-6-8-19(31-3)9-7-17/h4-13H,14H2,1-3H3. The summed E-state index contributed by atoms with van der Waals surface area (Å²) in [6, 6.07) is 16.0. The molecule has 1 heterocycles. The first-order chi connectivity index (χ1) is 15.7. The quantitative estimate of drug-likeness (QED) is 0.337. The van der Waals surface area contributed by atoms with E-state index in [4.69, 9.17) is 13.9 Å². The first-order valence-electron chi connectivity index (χ1n) is 10.2. The van der Waals surface area contributed by atoms with Crippen molar-refractivity contribution in [3.8, 4) is 22.6 Å². The van der Waals surface area contributed by atoms with Crippen LogP contribution in [0.5, 0.6) is 11.5 Å². The van der Waals surface area contributed by atoms with Crippen molar-refractivity contribution >= 4 is 11.0 Å². The van der Waals surface area contributed by atoms with E-state index in [9.17, 15) is 18.0 Å². The van der Waals surface area contributed by atoms with Gasteiger partial charge in [-0.2, -0.15) is 13.2 Å². The molecule has 0 fully saturated rings. The van der Waals surface area contributed by atoms with Crippen molar-refractivity contribution in [3.05, 3.63) is 93.3 Å².